The number of halogens is 1. The van der Waals surface area contributed by atoms with E-state index in [0.717, 1.165) is 0 Å². The maximum Gasteiger partial charge on any atom is 0.407 e. The molecule has 120 valence electrons. The van der Waals surface area contributed by atoms with Crippen molar-refractivity contribution in [2.24, 2.45) is 0 Å². The Hall–Kier alpha value is -1.89. The van der Waals surface area contributed by atoms with Gasteiger partial charge in [-0.3, -0.25) is 9.78 Å². The minimum absolute atomic E-state index is 0.00518. The monoisotopic (exact) mass is 326 g/mol. The van der Waals surface area contributed by atoms with Crippen molar-refractivity contribution in [3.8, 4) is 0 Å². The normalized spacial score (nSPS) is 20.7. The lowest BCUT2D eigenvalue weighted by atomic mass is 9.87. The van der Waals surface area contributed by atoms with E-state index in [9.17, 15) is 9.59 Å². The average molecular weight is 327 g/mol. The summed E-state index contributed by atoms with van der Waals surface area (Å²) in [7, 11) is 0. The second-order valence-corrected chi connectivity index (χ2v) is 6.60. The number of hydrogen-bond acceptors (Lipinski definition) is 5. The van der Waals surface area contributed by atoms with Gasteiger partial charge in [0.1, 0.15) is 16.4 Å². The number of amides is 2. The second-order valence-electron chi connectivity index (χ2n) is 6.21. The number of alkyl carbamates (subject to hydrolysis) is 1. The molecular weight excluding hydrogens is 308 g/mol. The lowest BCUT2D eigenvalue weighted by molar-refractivity contribution is 0.0465. The van der Waals surface area contributed by atoms with Crippen molar-refractivity contribution >= 4 is 23.6 Å². The standard InChI is InChI=1S/C14H19ClN4O3/c1-14(2,3)22-13(21)18-9-4-8(5-9)17-12(20)10-6-16-7-11(15)19-10/h6-9H,4-5H2,1-3H3,(H,17,20)(H,18,21). The summed E-state index contributed by atoms with van der Waals surface area (Å²) in [5.74, 6) is -0.323. The number of nitrogens with zero attached hydrogens (tertiary/aromatic N) is 2. The molecule has 0 aromatic carbocycles. The highest BCUT2D eigenvalue weighted by Crippen LogP contribution is 2.21. The number of ether oxygens (including phenoxy) is 1. The van der Waals surface area contributed by atoms with E-state index in [2.05, 4.69) is 20.6 Å². The van der Waals surface area contributed by atoms with Crippen LogP contribution in [-0.2, 0) is 4.74 Å². The van der Waals surface area contributed by atoms with Crippen molar-refractivity contribution in [2.75, 3.05) is 0 Å². The summed E-state index contributed by atoms with van der Waals surface area (Å²) in [6.45, 7) is 5.42. The van der Waals surface area contributed by atoms with E-state index in [0.29, 0.717) is 12.8 Å². The third-order valence-electron chi connectivity index (χ3n) is 3.03. The Morgan fingerprint density at radius 2 is 1.86 bits per heavy atom. The van der Waals surface area contributed by atoms with E-state index in [1.165, 1.54) is 12.4 Å². The van der Waals surface area contributed by atoms with E-state index >= 15 is 0 Å². The molecule has 1 heterocycles. The minimum Gasteiger partial charge on any atom is -0.444 e. The molecule has 0 radical (unpaired) electrons. The predicted octanol–water partition coefficient (Wildman–Crippen LogP) is 1.92. The van der Waals surface area contributed by atoms with E-state index in [-0.39, 0.29) is 28.8 Å². The number of carbonyl (C=O) groups excluding carboxylic acids is 2. The summed E-state index contributed by atoms with van der Waals surface area (Å²) < 4.78 is 5.17. The smallest absolute Gasteiger partial charge is 0.407 e. The van der Waals surface area contributed by atoms with Crippen LogP contribution in [0.1, 0.15) is 44.1 Å². The molecule has 1 saturated carbocycles. The fourth-order valence-electron chi connectivity index (χ4n) is 2.04. The summed E-state index contributed by atoms with van der Waals surface area (Å²) in [5, 5.41) is 5.75. The van der Waals surface area contributed by atoms with Gasteiger partial charge in [-0.15, -0.1) is 0 Å². The van der Waals surface area contributed by atoms with Crippen molar-refractivity contribution in [3.63, 3.8) is 0 Å². The second kappa shape index (κ2) is 6.48. The largest absolute Gasteiger partial charge is 0.444 e. The van der Waals surface area contributed by atoms with Crippen molar-refractivity contribution in [1.82, 2.24) is 20.6 Å². The quantitative estimate of drug-likeness (QED) is 0.885. The first-order valence-corrected chi connectivity index (χ1v) is 7.38. The van der Waals surface area contributed by atoms with E-state index in [1.54, 1.807) is 0 Å². The van der Waals surface area contributed by atoms with E-state index in [4.69, 9.17) is 16.3 Å². The molecule has 0 saturated heterocycles. The van der Waals surface area contributed by atoms with Crippen molar-refractivity contribution < 1.29 is 14.3 Å². The molecule has 1 aliphatic rings. The van der Waals surface area contributed by atoms with Gasteiger partial charge in [0.2, 0.25) is 0 Å². The van der Waals surface area contributed by atoms with Crippen LogP contribution in [0.5, 0.6) is 0 Å². The van der Waals surface area contributed by atoms with Crippen LogP contribution in [0.3, 0.4) is 0 Å². The molecule has 0 aliphatic heterocycles. The molecule has 1 aliphatic carbocycles. The van der Waals surface area contributed by atoms with Crippen molar-refractivity contribution in [1.29, 1.82) is 0 Å². The zero-order valence-corrected chi connectivity index (χ0v) is 13.5. The third kappa shape index (κ3) is 4.84. The van der Waals surface area contributed by atoms with Crippen LogP contribution < -0.4 is 10.6 Å². The fourth-order valence-corrected chi connectivity index (χ4v) is 2.19. The van der Waals surface area contributed by atoms with Crippen LogP contribution in [0.25, 0.3) is 0 Å². The van der Waals surface area contributed by atoms with Crippen molar-refractivity contribution in [3.05, 3.63) is 23.2 Å². The molecule has 1 aromatic heterocycles. The van der Waals surface area contributed by atoms with Gasteiger partial charge < -0.3 is 15.4 Å². The summed E-state index contributed by atoms with van der Waals surface area (Å²) in [6.07, 6.45) is 3.58. The Morgan fingerprint density at radius 1 is 1.23 bits per heavy atom. The van der Waals surface area contributed by atoms with Crippen LogP contribution in [-0.4, -0.2) is 39.7 Å². The van der Waals surface area contributed by atoms with Gasteiger partial charge in [0.25, 0.3) is 5.91 Å². The van der Waals surface area contributed by atoms with E-state index < -0.39 is 11.7 Å². The van der Waals surface area contributed by atoms with Crippen LogP contribution in [0.15, 0.2) is 12.4 Å². The van der Waals surface area contributed by atoms with Gasteiger partial charge in [-0.2, -0.15) is 0 Å². The highest BCUT2D eigenvalue weighted by atomic mass is 35.5. The topological polar surface area (TPSA) is 93.2 Å². The van der Waals surface area contributed by atoms with Gasteiger partial charge in [-0.1, -0.05) is 11.6 Å². The Balaban J connectivity index is 1.73. The number of nitrogens with one attached hydrogen (secondary N) is 2. The Labute approximate surface area is 133 Å². The first-order valence-electron chi connectivity index (χ1n) is 7.01. The predicted molar refractivity (Wildman–Crippen MR) is 80.7 cm³/mol. The average Bonchev–Trinajstić information content (AvgIpc) is 2.33. The lowest BCUT2D eigenvalue weighted by Gasteiger charge is -2.36. The number of hydrogen-bond donors (Lipinski definition) is 2. The zero-order valence-electron chi connectivity index (χ0n) is 12.7. The summed E-state index contributed by atoms with van der Waals surface area (Å²) >= 11 is 5.69. The molecule has 0 bridgehead atoms. The molecule has 2 rings (SSSR count). The van der Waals surface area contributed by atoms with Crippen LogP contribution in [0.4, 0.5) is 4.79 Å². The molecule has 1 aromatic rings. The van der Waals surface area contributed by atoms with Crippen LogP contribution in [0.2, 0.25) is 5.15 Å². The maximum absolute atomic E-state index is 11.9. The summed E-state index contributed by atoms with van der Waals surface area (Å²) in [6, 6.07) is -0.00110. The highest BCUT2D eigenvalue weighted by molar-refractivity contribution is 6.29. The molecule has 1 fully saturated rings. The van der Waals surface area contributed by atoms with Crippen molar-refractivity contribution in [2.45, 2.75) is 51.3 Å². The SMILES string of the molecule is CC(C)(C)OC(=O)NC1CC(NC(=O)c2cncc(Cl)n2)C1. The fraction of sp³-hybridized carbons (Fsp3) is 0.571. The Morgan fingerprint density at radius 3 is 2.45 bits per heavy atom. The molecular formula is C14H19ClN4O3. The molecule has 2 N–H and O–H groups in total. The molecule has 7 nitrogen and oxygen atoms in total. The minimum atomic E-state index is -0.521. The maximum atomic E-state index is 11.9. The molecule has 0 spiro atoms. The lowest BCUT2D eigenvalue weighted by Crippen LogP contribution is -2.54. The van der Waals surface area contributed by atoms with Gasteiger partial charge in [-0.05, 0) is 33.6 Å². The van der Waals surface area contributed by atoms with Crippen LogP contribution >= 0.6 is 11.6 Å². The van der Waals surface area contributed by atoms with Gasteiger partial charge in [-0.25, -0.2) is 9.78 Å². The first kappa shape index (κ1) is 16.5. The van der Waals surface area contributed by atoms with E-state index in [1.807, 2.05) is 20.8 Å². The molecule has 8 heteroatoms. The Kier molecular flexibility index (Phi) is 4.85. The van der Waals surface area contributed by atoms with Crippen LogP contribution in [0, 0.1) is 0 Å². The van der Waals surface area contributed by atoms with Gasteiger partial charge in [0.15, 0.2) is 0 Å². The molecule has 0 atom stereocenters. The number of carbonyl (C=O) groups is 2. The molecule has 0 unspecified atom stereocenters. The third-order valence-corrected chi connectivity index (χ3v) is 3.21. The molecule has 22 heavy (non-hydrogen) atoms. The van der Waals surface area contributed by atoms with Gasteiger partial charge in [0.05, 0.1) is 12.4 Å². The number of aromatic nitrogens is 2. The molecule has 2 amide bonds. The van der Waals surface area contributed by atoms with Gasteiger partial charge in [0, 0.05) is 12.1 Å². The zero-order chi connectivity index (χ0) is 16.3. The van der Waals surface area contributed by atoms with Gasteiger partial charge >= 0.3 is 6.09 Å². The number of rotatable bonds is 3. The Bertz CT molecular complexity index is 567. The highest BCUT2D eigenvalue weighted by Gasteiger charge is 2.33. The summed E-state index contributed by atoms with van der Waals surface area (Å²) in [4.78, 5) is 31.2. The first-order chi connectivity index (χ1) is 10.2. The summed E-state index contributed by atoms with van der Waals surface area (Å²) in [5.41, 5.74) is -0.344.